The van der Waals surface area contributed by atoms with Crippen LogP contribution in [0.1, 0.15) is 26.3 Å². The minimum absolute atomic E-state index is 0. The Balaban J connectivity index is 0. The van der Waals surface area contributed by atoms with Gasteiger partial charge in [0.2, 0.25) is 0 Å². The fraction of sp³-hybridized carbons (Fsp3) is 0.538. The molecule has 1 aromatic rings. The zero-order valence-corrected chi connectivity index (χ0v) is 17.1. The molecule has 0 saturated heterocycles. The Morgan fingerprint density at radius 3 is 1.58 bits per heavy atom. The normalized spacial score (nSPS) is 9.84. The van der Waals surface area contributed by atoms with E-state index in [4.69, 9.17) is 0 Å². The van der Waals surface area contributed by atoms with E-state index in [1.54, 1.807) is 0 Å². The molecule has 0 radical (unpaired) electrons. The molecule has 0 aromatic heterocycles. The van der Waals surface area contributed by atoms with Crippen molar-refractivity contribution < 1.29 is 16.3 Å². The average molecular weight is 418 g/mol. The van der Waals surface area contributed by atoms with Crippen LogP contribution in [0.4, 0.5) is 0 Å². The molecule has 1 rings (SSSR count). The zero-order chi connectivity index (χ0) is 14.0. The third-order valence-corrected chi connectivity index (χ3v) is 3.37. The van der Waals surface area contributed by atoms with Crippen molar-refractivity contribution in [3.63, 3.8) is 0 Å². The van der Waals surface area contributed by atoms with Crippen LogP contribution in [0.5, 0.6) is 0 Å². The van der Waals surface area contributed by atoms with Gasteiger partial charge in [0.25, 0.3) is 0 Å². The number of rotatable bonds is 5. The predicted octanol–water partition coefficient (Wildman–Crippen LogP) is 4.74. The van der Waals surface area contributed by atoms with Crippen LogP contribution in [0.15, 0.2) is 30.3 Å². The SMILES string of the molecule is CC[N+](CC)(CC)Cc1ccccc1.[SH-].[S]=[Mo](=[S])=[S]. The van der Waals surface area contributed by atoms with Gasteiger partial charge in [0.1, 0.15) is 6.54 Å². The molecule has 0 fully saturated rings. The van der Waals surface area contributed by atoms with E-state index in [9.17, 15) is 0 Å². The van der Waals surface area contributed by atoms with E-state index in [1.807, 2.05) is 0 Å². The molecule has 0 spiro atoms. The summed E-state index contributed by atoms with van der Waals surface area (Å²) in [5.74, 6) is 0. The number of nitrogens with zero attached hydrogens (tertiary/aromatic N) is 1. The molecule has 0 aliphatic rings. The van der Waals surface area contributed by atoms with Crippen LogP contribution in [-0.4, -0.2) is 24.1 Å². The Kier molecular flexibility index (Phi) is 14.7. The predicted molar refractivity (Wildman–Crippen MR) is 93.6 cm³/mol. The zero-order valence-electron chi connectivity index (χ0n) is 11.7. The van der Waals surface area contributed by atoms with Crippen LogP contribution in [-0.2, 0) is 31.9 Å². The van der Waals surface area contributed by atoms with Gasteiger partial charge in [0, 0.05) is 5.56 Å². The Morgan fingerprint density at radius 1 is 0.895 bits per heavy atom. The van der Waals surface area contributed by atoms with Gasteiger partial charge in [-0.1, -0.05) is 30.3 Å². The third-order valence-electron chi connectivity index (χ3n) is 3.37. The number of hydrogen-bond donors (Lipinski definition) is 0. The van der Waals surface area contributed by atoms with Crippen molar-refractivity contribution in [3.8, 4) is 0 Å². The van der Waals surface area contributed by atoms with Gasteiger partial charge >= 0.3 is 41.3 Å². The molecule has 110 valence electrons. The first-order valence-electron chi connectivity index (χ1n) is 6.15. The van der Waals surface area contributed by atoms with Gasteiger partial charge in [0.15, 0.2) is 0 Å². The summed E-state index contributed by atoms with van der Waals surface area (Å²) in [6.07, 6.45) is 0. The standard InChI is InChI=1S/C13H22N.Mo.H2S.3S/c1-4-14(5-2,6-3)12-13-10-8-7-9-11-13;;;;;/h7-11H,4-6,12H2,1-3H3;;1H2;;;/q+1;;;;;/p-1. The van der Waals surface area contributed by atoms with Crippen molar-refractivity contribution in [2.75, 3.05) is 19.6 Å². The Morgan fingerprint density at radius 2 is 1.26 bits per heavy atom. The molecule has 0 aliphatic carbocycles. The monoisotopic (exact) mass is 419 g/mol. The third kappa shape index (κ3) is 10.3. The summed E-state index contributed by atoms with van der Waals surface area (Å²) < 4.78 is 1.20. The van der Waals surface area contributed by atoms with Gasteiger partial charge in [-0.3, -0.25) is 0 Å². The van der Waals surface area contributed by atoms with E-state index >= 15 is 0 Å². The molecular weight excluding hydrogens is 394 g/mol. The van der Waals surface area contributed by atoms with Gasteiger partial charge in [0.05, 0.1) is 19.6 Å². The number of hydrogen-bond acceptors (Lipinski definition) is 4. The molecule has 0 saturated carbocycles. The second-order valence-electron chi connectivity index (χ2n) is 4.14. The molecule has 1 aromatic carbocycles. The van der Waals surface area contributed by atoms with Crippen LogP contribution in [0.3, 0.4) is 0 Å². The molecule has 0 atom stereocenters. The van der Waals surface area contributed by atoms with E-state index in [0.717, 1.165) is 0 Å². The summed E-state index contributed by atoms with van der Waals surface area (Å²) in [6.45, 7) is 11.7. The Bertz CT molecular complexity index is 411. The molecule has 0 aliphatic heterocycles. The first-order chi connectivity index (χ1) is 8.49. The topological polar surface area (TPSA) is 0 Å². The maximum atomic E-state index is 4.42. The molecule has 0 unspecified atom stereocenters. The second kappa shape index (κ2) is 12.6. The van der Waals surface area contributed by atoms with Crippen molar-refractivity contribution in [1.82, 2.24) is 0 Å². The summed E-state index contributed by atoms with van der Waals surface area (Å²) >= 11 is -1.61. The van der Waals surface area contributed by atoms with Gasteiger partial charge in [-0.25, -0.2) is 0 Å². The summed E-state index contributed by atoms with van der Waals surface area (Å²) in [6, 6.07) is 10.8. The Labute approximate surface area is 141 Å². The van der Waals surface area contributed by atoms with E-state index < -0.39 is 11.9 Å². The second-order valence-corrected chi connectivity index (χ2v) is 14.8. The van der Waals surface area contributed by atoms with Gasteiger partial charge in [-0.2, -0.15) is 0 Å². The van der Waals surface area contributed by atoms with Crippen LogP contribution < -0.4 is 0 Å². The van der Waals surface area contributed by atoms with Crippen LogP contribution in [0, 0.1) is 0 Å². The fourth-order valence-electron chi connectivity index (χ4n) is 1.98. The van der Waals surface area contributed by atoms with Crippen molar-refractivity contribution in [2.45, 2.75) is 27.3 Å². The number of thiol groups is 1. The molecule has 0 bridgehead atoms. The quantitative estimate of drug-likeness (QED) is 0.294. The Hall–Kier alpha value is 0.878. The first-order valence-corrected chi connectivity index (χ1v) is 14.5. The molecular formula is C13H23MoNS4. The van der Waals surface area contributed by atoms with E-state index in [0.29, 0.717) is 0 Å². The van der Waals surface area contributed by atoms with Crippen LogP contribution in [0.2, 0.25) is 0 Å². The first kappa shape index (κ1) is 22.2. The molecule has 6 heteroatoms. The van der Waals surface area contributed by atoms with Gasteiger partial charge in [-0.15, -0.1) is 0 Å². The van der Waals surface area contributed by atoms with Crippen LogP contribution >= 0.6 is 29.5 Å². The molecule has 19 heavy (non-hydrogen) atoms. The van der Waals surface area contributed by atoms with Crippen molar-refractivity contribution >= 4 is 43.0 Å². The number of quaternary nitrogens is 1. The summed E-state index contributed by atoms with van der Waals surface area (Å²) in [7, 11) is 13.3. The molecule has 1 nitrogen and oxygen atoms in total. The summed E-state index contributed by atoms with van der Waals surface area (Å²) in [4.78, 5) is 0. The summed E-state index contributed by atoms with van der Waals surface area (Å²) in [5.41, 5.74) is 1.46. The molecule has 0 amide bonds. The number of benzene rings is 1. The van der Waals surface area contributed by atoms with Gasteiger partial charge < -0.3 is 18.0 Å². The molecule has 0 N–H and O–H groups in total. The van der Waals surface area contributed by atoms with Crippen molar-refractivity contribution in [1.29, 1.82) is 0 Å². The minimum atomic E-state index is -1.61. The van der Waals surface area contributed by atoms with Crippen LogP contribution in [0.25, 0.3) is 0 Å². The average Bonchev–Trinajstić information content (AvgIpc) is 2.37. The van der Waals surface area contributed by atoms with Gasteiger partial charge in [-0.05, 0) is 20.8 Å². The molecule has 0 heterocycles. The summed E-state index contributed by atoms with van der Waals surface area (Å²) in [5, 5.41) is 0. The van der Waals surface area contributed by atoms with E-state index in [2.05, 4.69) is 80.6 Å². The van der Waals surface area contributed by atoms with E-state index in [-0.39, 0.29) is 13.5 Å². The van der Waals surface area contributed by atoms with Crippen molar-refractivity contribution in [2.24, 2.45) is 0 Å². The fourth-order valence-corrected chi connectivity index (χ4v) is 1.98. The van der Waals surface area contributed by atoms with Crippen molar-refractivity contribution in [3.05, 3.63) is 35.9 Å². The maximum absolute atomic E-state index is 4.42. The van der Waals surface area contributed by atoms with E-state index in [1.165, 1.54) is 36.2 Å².